The largest absolute Gasteiger partial charge is 0.505 e. The lowest BCUT2D eigenvalue weighted by Gasteiger charge is -2.14. The van der Waals surface area contributed by atoms with Gasteiger partial charge in [0.25, 0.3) is 20.2 Å². The molecule has 0 saturated heterocycles. The number of fused-ring (bicyclic) bond motifs is 2. The van der Waals surface area contributed by atoms with Crippen molar-refractivity contribution in [3.8, 4) is 17.2 Å². The van der Waals surface area contributed by atoms with Gasteiger partial charge >= 0.3 is 0 Å². The number of rotatable bonds is 17. The summed E-state index contributed by atoms with van der Waals surface area (Å²) in [5, 5.41) is 83.3. The van der Waals surface area contributed by atoms with Crippen LogP contribution in [-0.4, -0.2) is 66.1 Å². The lowest BCUT2D eigenvalue weighted by atomic mass is 10.1. The molecule has 0 bridgehead atoms. The molecular formula is C28H23N7O18S5. The zero-order valence-electron chi connectivity index (χ0n) is 28.5. The highest BCUT2D eigenvalue weighted by molar-refractivity contribution is 7.95. The monoisotopic (exact) mass is 905 g/mol. The summed E-state index contributed by atoms with van der Waals surface area (Å²) in [5.41, 5.74) is 4.21. The summed E-state index contributed by atoms with van der Waals surface area (Å²) in [5.74, 6) is -1.41. The van der Waals surface area contributed by atoms with Crippen LogP contribution in [0.5, 0.6) is 17.2 Å². The van der Waals surface area contributed by atoms with Crippen LogP contribution in [0.2, 0.25) is 0 Å². The second kappa shape index (κ2) is 18.8. The second-order valence-corrected chi connectivity index (χ2v) is 15.5. The highest BCUT2D eigenvalue weighted by Gasteiger charge is 2.26. The molecule has 0 radical (unpaired) electrons. The van der Waals surface area contributed by atoms with Gasteiger partial charge in [-0.2, -0.15) is 27.1 Å². The molecule has 0 aliphatic carbocycles. The van der Waals surface area contributed by atoms with Crippen molar-refractivity contribution in [1.82, 2.24) is 0 Å². The number of hydrogen-bond acceptors (Lipinski definition) is 26. The van der Waals surface area contributed by atoms with Crippen molar-refractivity contribution < 1.29 is 84.8 Å². The van der Waals surface area contributed by atoms with Crippen LogP contribution in [0.15, 0.2) is 104 Å². The average molecular weight is 906 g/mol. The number of hydrogen-bond donors (Lipinski definition) is 8. The van der Waals surface area contributed by atoms with E-state index >= 15 is 0 Å². The quantitative estimate of drug-likeness (QED) is 0.0108. The molecule has 0 aliphatic heterocycles. The number of phenols is 2. The Labute approximate surface area is 336 Å². The Morgan fingerprint density at radius 1 is 0.638 bits per heavy atom. The number of azo groups is 3. The first-order valence-electron chi connectivity index (χ1n) is 14.7. The fourth-order valence-electron chi connectivity index (χ4n) is 5.05. The second-order valence-electron chi connectivity index (χ2n) is 10.5. The van der Waals surface area contributed by atoms with Crippen molar-refractivity contribution in [3.05, 3.63) is 48.5 Å². The minimum atomic E-state index is -4.97. The van der Waals surface area contributed by atoms with E-state index in [0.29, 0.717) is 24.1 Å². The summed E-state index contributed by atoms with van der Waals surface area (Å²) in [4.78, 5) is -1.87. The summed E-state index contributed by atoms with van der Waals surface area (Å²) >= 11 is 0.918. The Hall–Kier alpha value is -4.87. The van der Waals surface area contributed by atoms with Gasteiger partial charge in [-0.05, 0) is 47.9 Å². The van der Waals surface area contributed by atoms with E-state index in [1.165, 1.54) is 44.5 Å². The molecule has 58 heavy (non-hydrogen) atoms. The van der Waals surface area contributed by atoms with Gasteiger partial charge in [-0.25, -0.2) is 15.8 Å². The first kappa shape index (κ1) is 44.2. The normalized spacial score (nSPS) is 12.6. The summed E-state index contributed by atoms with van der Waals surface area (Å²) in [7, 11) is -7.40. The van der Waals surface area contributed by atoms with Gasteiger partial charge < -0.3 is 20.7 Å². The molecule has 0 amide bonds. The number of methoxy groups -OCH3 is 1. The van der Waals surface area contributed by atoms with Gasteiger partial charge in [0, 0.05) is 23.9 Å². The first-order valence-corrected chi connectivity index (χ1v) is 19.8. The predicted molar refractivity (Wildman–Crippen MR) is 199 cm³/mol. The Morgan fingerprint density at radius 3 is 1.83 bits per heavy atom. The van der Waals surface area contributed by atoms with Crippen LogP contribution < -0.4 is 10.5 Å². The van der Waals surface area contributed by atoms with Crippen molar-refractivity contribution in [2.75, 3.05) is 19.9 Å². The number of benzene rings is 5. The van der Waals surface area contributed by atoms with Crippen LogP contribution >= 0.6 is 36.1 Å². The third-order valence-electron chi connectivity index (χ3n) is 7.37. The van der Waals surface area contributed by atoms with Crippen LogP contribution in [0.1, 0.15) is 0 Å². The average Bonchev–Trinajstić information content (AvgIpc) is 3.18. The van der Waals surface area contributed by atoms with Gasteiger partial charge in [0.1, 0.15) is 44.0 Å². The predicted octanol–water partition coefficient (Wildman–Crippen LogP) is 8.32. The van der Waals surface area contributed by atoms with E-state index in [9.17, 15) is 36.2 Å². The van der Waals surface area contributed by atoms with E-state index in [4.69, 9.17) is 26.2 Å². The maximum Gasteiger partial charge on any atom is 0.296 e. The van der Waals surface area contributed by atoms with E-state index in [-0.39, 0.29) is 82.5 Å². The van der Waals surface area contributed by atoms with Crippen LogP contribution in [0.25, 0.3) is 21.5 Å². The Balaban J connectivity index is 1.72. The molecule has 0 aromatic heterocycles. The Bertz CT molecular complexity index is 2700. The molecule has 0 heterocycles. The maximum atomic E-state index is 12.1. The molecule has 0 fully saturated rings. The minimum Gasteiger partial charge on any atom is -0.505 e. The molecule has 9 N–H and O–H groups in total. The Morgan fingerprint density at radius 2 is 1.22 bits per heavy atom. The number of phenolic OH excluding ortho intramolecular Hbond substituents is 2. The maximum absolute atomic E-state index is 12.1. The highest BCUT2D eigenvalue weighted by atomic mass is 32.2. The van der Waals surface area contributed by atoms with Crippen LogP contribution in [0.4, 0.5) is 34.1 Å². The third kappa shape index (κ3) is 9.53. The SMILES string of the molecule is CN=Nc1c(S(=O)(=O)O)cc2cc(SOOO)c(N=Nc3ccc4c(O)c(N=Nc5ccc(OC)cc5S(=O)(=O)O)c(SOOO)cc4c3SOOO)c(N)c2c1O. The van der Waals surface area contributed by atoms with Crippen LogP contribution in [-0.2, 0) is 48.4 Å². The smallest absolute Gasteiger partial charge is 0.296 e. The molecule has 0 aliphatic rings. The number of anilines is 1. The van der Waals surface area contributed by atoms with Gasteiger partial charge in [0.05, 0.1) is 69.0 Å². The van der Waals surface area contributed by atoms with Crippen molar-refractivity contribution in [2.24, 2.45) is 30.7 Å². The van der Waals surface area contributed by atoms with E-state index in [0.717, 1.165) is 18.2 Å². The summed E-state index contributed by atoms with van der Waals surface area (Å²) in [6, 6.07) is 9.38. The standard InChI is InChI=1S/C28H23N7O18S5/c1-30-33-25-20(58(44,45)46)8-11-7-17(54-51-48-38)23(22(29)21(11)27(25)37)34-32-16-6-4-13-14(28(16)56-53-50-40)10-18(55-52-49-39)24(26(13)36)35-31-15-5-3-12(47-2)9-19(15)57(41,42)43/h3-10,36-40H,29H2,1-2H3,(H,41,42,43)(H,44,45,46). The zero-order chi connectivity index (χ0) is 42.4. The molecule has 0 saturated carbocycles. The van der Waals surface area contributed by atoms with Crippen molar-refractivity contribution in [1.29, 1.82) is 0 Å². The van der Waals surface area contributed by atoms with Gasteiger partial charge in [-0.3, -0.25) is 9.11 Å². The Kier molecular flexibility index (Phi) is 14.3. The molecular weight excluding hydrogens is 883 g/mol. The first-order chi connectivity index (χ1) is 27.6. The number of ether oxygens (including phenoxy) is 1. The lowest BCUT2D eigenvalue weighted by molar-refractivity contribution is -0.432. The highest BCUT2D eigenvalue weighted by Crippen LogP contribution is 2.51. The third-order valence-corrected chi connectivity index (χ3v) is 11.1. The molecule has 25 nitrogen and oxygen atoms in total. The number of aromatic hydroxyl groups is 2. The van der Waals surface area contributed by atoms with Gasteiger partial charge in [0.15, 0.2) is 11.5 Å². The van der Waals surface area contributed by atoms with Crippen molar-refractivity contribution in [3.63, 3.8) is 0 Å². The van der Waals surface area contributed by atoms with Crippen LogP contribution in [0, 0.1) is 0 Å². The molecule has 0 unspecified atom stereocenters. The number of nitrogens with zero attached hydrogens (tertiary/aromatic N) is 6. The summed E-state index contributed by atoms with van der Waals surface area (Å²) < 4.78 is 86.7. The molecule has 5 aromatic carbocycles. The summed E-state index contributed by atoms with van der Waals surface area (Å²) in [6.45, 7) is 0. The fourth-order valence-corrected chi connectivity index (χ4v) is 7.89. The molecule has 5 rings (SSSR count). The van der Waals surface area contributed by atoms with Gasteiger partial charge in [-0.1, -0.05) is 15.1 Å². The topological polar surface area (TPSA) is 375 Å². The van der Waals surface area contributed by atoms with Crippen molar-refractivity contribution in [2.45, 2.75) is 24.5 Å². The van der Waals surface area contributed by atoms with Crippen LogP contribution in [0.3, 0.4) is 0 Å². The van der Waals surface area contributed by atoms with Gasteiger partial charge in [0.2, 0.25) is 0 Å². The van der Waals surface area contributed by atoms with E-state index in [1.54, 1.807) is 0 Å². The molecule has 30 heteroatoms. The van der Waals surface area contributed by atoms with E-state index in [2.05, 4.69) is 58.8 Å². The van der Waals surface area contributed by atoms with Gasteiger partial charge in [-0.15, -0.1) is 33.5 Å². The number of nitrogen functional groups attached to an aromatic ring is 1. The fraction of sp³-hybridized carbons (Fsp3) is 0.0714. The number of nitrogens with two attached hydrogens (primary N) is 1. The van der Waals surface area contributed by atoms with Crippen molar-refractivity contribution >= 4 is 112 Å². The zero-order valence-corrected chi connectivity index (χ0v) is 32.6. The molecule has 308 valence electrons. The van der Waals surface area contributed by atoms with E-state index < -0.39 is 47.2 Å². The molecule has 0 spiro atoms. The van der Waals surface area contributed by atoms with E-state index in [1.807, 2.05) is 0 Å². The summed E-state index contributed by atoms with van der Waals surface area (Å²) in [6.07, 6.45) is 0. The molecule has 5 aromatic rings. The molecule has 0 atom stereocenters. The minimum absolute atomic E-state index is 0.0249. The lowest BCUT2D eigenvalue weighted by Crippen LogP contribution is -2.00.